The van der Waals surface area contributed by atoms with E-state index in [0.717, 1.165) is 17.6 Å². The molecule has 8 heteroatoms. The predicted octanol–water partition coefficient (Wildman–Crippen LogP) is 7.23. The van der Waals surface area contributed by atoms with Crippen LogP contribution in [0.2, 0.25) is 36.3 Å². The zero-order chi connectivity index (χ0) is 29.2. The van der Waals surface area contributed by atoms with Crippen molar-refractivity contribution < 1.29 is 27.9 Å². The first-order valence-corrected chi connectivity index (χ1v) is 19.8. The van der Waals surface area contributed by atoms with Gasteiger partial charge in [0.2, 0.25) is 0 Å². The molecule has 1 fully saturated rings. The van der Waals surface area contributed by atoms with Gasteiger partial charge in [-0.05, 0) is 60.9 Å². The Hall–Kier alpha value is -1.04. The van der Waals surface area contributed by atoms with Crippen molar-refractivity contribution >= 4 is 22.9 Å². The van der Waals surface area contributed by atoms with Gasteiger partial charge in [0, 0.05) is 12.5 Å². The molecule has 0 radical (unpaired) electrons. The average Bonchev–Trinajstić information content (AvgIpc) is 3.50. The van der Waals surface area contributed by atoms with E-state index in [1.54, 1.807) is 7.11 Å². The summed E-state index contributed by atoms with van der Waals surface area (Å²) in [6.45, 7) is 27.9. The molecule has 0 aromatic heterocycles. The maximum Gasteiger partial charge on any atom is 0.192 e. The van der Waals surface area contributed by atoms with Crippen LogP contribution in [0.4, 0.5) is 0 Å². The van der Waals surface area contributed by atoms with Crippen LogP contribution in [-0.2, 0) is 29.7 Å². The minimum absolute atomic E-state index is 0.00676. The van der Waals surface area contributed by atoms with Gasteiger partial charge in [-0.2, -0.15) is 0 Å². The van der Waals surface area contributed by atoms with Gasteiger partial charge in [-0.25, -0.2) is 0 Å². The van der Waals surface area contributed by atoms with Crippen molar-refractivity contribution in [2.75, 3.05) is 20.3 Å². The molecule has 1 aliphatic heterocycles. The molecule has 0 saturated carbocycles. The van der Waals surface area contributed by atoms with Gasteiger partial charge in [0.1, 0.15) is 17.6 Å². The Labute approximate surface area is 234 Å². The van der Waals surface area contributed by atoms with Crippen molar-refractivity contribution in [1.82, 2.24) is 0 Å². The molecule has 1 heterocycles. The van der Waals surface area contributed by atoms with Crippen LogP contribution < -0.4 is 4.74 Å². The van der Waals surface area contributed by atoms with E-state index >= 15 is 0 Å². The molecule has 1 aromatic carbocycles. The number of methoxy groups -OCH3 is 1. The lowest BCUT2D eigenvalue weighted by Crippen LogP contribution is -2.53. The molecule has 1 saturated heterocycles. The Kier molecular flexibility index (Phi) is 10.7. The van der Waals surface area contributed by atoms with Gasteiger partial charge >= 0.3 is 0 Å². The number of aldehydes is 1. The average molecular weight is 567 g/mol. The molecule has 0 bridgehead atoms. The topological polar surface area (TPSA) is 66.5 Å². The molecule has 0 unspecified atom stereocenters. The smallest absolute Gasteiger partial charge is 0.192 e. The quantitative estimate of drug-likeness (QED) is 0.134. The van der Waals surface area contributed by atoms with Crippen LogP contribution in [0.3, 0.4) is 0 Å². The summed E-state index contributed by atoms with van der Waals surface area (Å²) in [6, 6.07) is 7.91. The normalized spacial score (nSPS) is 23.0. The van der Waals surface area contributed by atoms with E-state index < -0.39 is 28.2 Å². The van der Waals surface area contributed by atoms with E-state index in [1.165, 1.54) is 0 Å². The second-order valence-electron chi connectivity index (χ2n) is 14.2. The van der Waals surface area contributed by atoms with Crippen LogP contribution in [0.1, 0.15) is 61.0 Å². The number of hydrogen-bond acceptors (Lipinski definition) is 6. The third-order valence-electron chi connectivity index (χ3n) is 9.01. The van der Waals surface area contributed by atoms with Crippen LogP contribution in [0.5, 0.6) is 5.75 Å². The maximum absolute atomic E-state index is 12.6. The van der Waals surface area contributed by atoms with Crippen molar-refractivity contribution in [3.63, 3.8) is 0 Å². The number of hydrogen-bond donors (Lipinski definition) is 0. The zero-order valence-electron chi connectivity index (χ0n) is 26.3. The maximum atomic E-state index is 12.6. The van der Waals surface area contributed by atoms with Crippen LogP contribution >= 0.6 is 0 Å². The lowest BCUT2D eigenvalue weighted by Gasteiger charge is -2.43. The molecule has 218 valence electrons. The molecule has 38 heavy (non-hydrogen) atoms. The van der Waals surface area contributed by atoms with Crippen LogP contribution in [-0.4, -0.2) is 61.1 Å². The third-order valence-corrected chi connectivity index (χ3v) is 18.0. The van der Waals surface area contributed by atoms with Gasteiger partial charge in [-0.3, -0.25) is 0 Å². The highest BCUT2D eigenvalue weighted by molar-refractivity contribution is 6.74. The summed E-state index contributed by atoms with van der Waals surface area (Å²) < 4.78 is 31.2. The summed E-state index contributed by atoms with van der Waals surface area (Å²) in [5, 5.41) is 0.0707. The minimum Gasteiger partial charge on any atom is -0.497 e. The highest BCUT2D eigenvalue weighted by Crippen LogP contribution is 2.50. The number of epoxide rings is 1. The van der Waals surface area contributed by atoms with Gasteiger partial charge in [0.15, 0.2) is 16.6 Å². The Morgan fingerprint density at radius 2 is 1.53 bits per heavy atom. The van der Waals surface area contributed by atoms with Crippen LogP contribution in [0.25, 0.3) is 0 Å². The Bertz CT molecular complexity index is 903. The van der Waals surface area contributed by atoms with Crippen molar-refractivity contribution in [3.8, 4) is 5.75 Å². The number of benzene rings is 1. The lowest BCUT2D eigenvalue weighted by molar-refractivity contribution is -0.117. The van der Waals surface area contributed by atoms with Gasteiger partial charge in [0.05, 0.1) is 38.4 Å². The van der Waals surface area contributed by atoms with Gasteiger partial charge in [-0.1, -0.05) is 60.6 Å². The van der Waals surface area contributed by atoms with Gasteiger partial charge < -0.3 is 27.9 Å². The second kappa shape index (κ2) is 12.2. The first-order valence-electron chi connectivity index (χ1n) is 13.9. The standard InChI is InChI=1S/C30H54O6Si2/c1-22(19-33-20-23-14-16-25(32-9)17-15-23)26-30(8,35-26)27(36-38(12,13)29(5,6)7)24(18-31)21-34-37(10,11)28(2,3)4/h14-18,22,24,26-27H,19-21H2,1-13H3/t22-,24+,26+,27-,30+/m0/s1. The first-order chi connectivity index (χ1) is 17.3. The van der Waals surface area contributed by atoms with Gasteiger partial charge in [-0.15, -0.1) is 0 Å². The SMILES string of the molecule is COc1ccc(COC[C@H](C)[C@H]2O[C@@]2(C)[C@@H](O[Si](C)(C)C(C)(C)C)[C@H](C=O)CO[Si](C)(C)C(C)(C)C)cc1. The second-order valence-corrected chi connectivity index (χ2v) is 23.8. The lowest BCUT2D eigenvalue weighted by atomic mass is 9.87. The molecule has 1 aliphatic rings. The highest BCUT2D eigenvalue weighted by Gasteiger charge is 2.63. The van der Waals surface area contributed by atoms with E-state index in [-0.39, 0.29) is 28.2 Å². The largest absolute Gasteiger partial charge is 0.497 e. The summed E-state index contributed by atoms with van der Waals surface area (Å²) in [6.07, 6.45) is 0.600. The summed E-state index contributed by atoms with van der Waals surface area (Å²) in [5.74, 6) is 0.581. The molecule has 6 nitrogen and oxygen atoms in total. The van der Waals surface area contributed by atoms with Crippen molar-refractivity contribution in [1.29, 1.82) is 0 Å². The predicted molar refractivity (Wildman–Crippen MR) is 160 cm³/mol. The van der Waals surface area contributed by atoms with E-state index in [9.17, 15) is 4.79 Å². The summed E-state index contributed by atoms with van der Waals surface area (Å²) in [5.41, 5.74) is 0.529. The third kappa shape index (κ3) is 8.01. The van der Waals surface area contributed by atoms with Crippen molar-refractivity contribution in [3.05, 3.63) is 29.8 Å². The molecule has 0 spiro atoms. The van der Waals surface area contributed by atoms with E-state index in [4.69, 9.17) is 23.1 Å². The molecule has 0 amide bonds. The van der Waals surface area contributed by atoms with Crippen LogP contribution in [0.15, 0.2) is 24.3 Å². The minimum atomic E-state index is -2.19. The Morgan fingerprint density at radius 3 is 2.00 bits per heavy atom. The molecular formula is C30H54O6Si2. The molecule has 2 rings (SSSR count). The Balaban J connectivity index is 2.16. The molecule has 0 N–H and O–H groups in total. The number of rotatable bonds is 14. The van der Waals surface area contributed by atoms with E-state index in [1.807, 2.05) is 24.3 Å². The summed E-state index contributed by atoms with van der Waals surface area (Å²) in [7, 11) is -2.56. The Morgan fingerprint density at radius 1 is 0.974 bits per heavy atom. The summed E-state index contributed by atoms with van der Waals surface area (Å²) in [4.78, 5) is 12.6. The van der Waals surface area contributed by atoms with Gasteiger partial charge in [0.25, 0.3) is 0 Å². The van der Waals surface area contributed by atoms with Crippen LogP contribution in [0, 0.1) is 11.8 Å². The fraction of sp³-hybridized carbons (Fsp3) is 0.767. The number of carbonyl (C=O) groups excluding carboxylic acids is 1. The number of ether oxygens (including phenoxy) is 3. The molecular weight excluding hydrogens is 512 g/mol. The summed E-state index contributed by atoms with van der Waals surface area (Å²) >= 11 is 0. The fourth-order valence-electron chi connectivity index (χ4n) is 4.16. The van der Waals surface area contributed by atoms with E-state index in [2.05, 4.69) is 81.6 Å². The molecule has 0 aliphatic carbocycles. The number of carbonyl (C=O) groups is 1. The molecule has 5 atom stereocenters. The fourth-order valence-corrected chi connectivity index (χ4v) is 6.60. The zero-order valence-corrected chi connectivity index (χ0v) is 28.3. The van der Waals surface area contributed by atoms with Crippen molar-refractivity contribution in [2.45, 2.75) is 116 Å². The highest BCUT2D eigenvalue weighted by atomic mass is 28.4. The molecule has 1 aromatic rings. The monoisotopic (exact) mass is 566 g/mol. The first kappa shape index (κ1) is 33.2. The van der Waals surface area contributed by atoms with E-state index in [0.29, 0.717) is 19.8 Å². The van der Waals surface area contributed by atoms with Crippen molar-refractivity contribution in [2.24, 2.45) is 11.8 Å².